The van der Waals surface area contributed by atoms with Crippen LogP contribution in [0.3, 0.4) is 0 Å². The highest BCUT2D eigenvalue weighted by Gasteiger charge is 2.40. The molecule has 1 aliphatic rings. The smallest absolute Gasteiger partial charge is 0.343 e. The first-order valence-electron chi connectivity index (χ1n) is 10.8. The van der Waals surface area contributed by atoms with Crippen LogP contribution in [0, 0.1) is 5.82 Å². The number of rotatable bonds is 6. The first kappa shape index (κ1) is 25.1. The number of esters is 1. The largest absolute Gasteiger partial charge is 0.465 e. The minimum absolute atomic E-state index is 0.0348. The van der Waals surface area contributed by atoms with Crippen LogP contribution in [0.2, 0.25) is 5.02 Å². The number of carbonyl (C=O) groups excluding carboxylic acids is 3. The minimum Gasteiger partial charge on any atom is -0.465 e. The highest BCUT2D eigenvalue weighted by atomic mass is 35.5. The molecule has 10 nitrogen and oxygen atoms in total. The molecule has 0 aliphatic carbocycles. The number of ether oxygens (including phenoxy) is 2. The number of aromatic nitrogens is 1. The molecule has 36 heavy (non-hydrogen) atoms. The van der Waals surface area contributed by atoms with E-state index in [1.807, 2.05) is 0 Å². The monoisotopic (exact) mass is 516 g/mol. The fourth-order valence-corrected chi connectivity index (χ4v) is 3.98. The van der Waals surface area contributed by atoms with Crippen LogP contribution in [-0.4, -0.2) is 60.9 Å². The van der Waals surface area contributed by atoms with Gasteiger partial charge < -0.3 is 29.5 Å². The van der Waals surface area contributed by atoms with Crippen molar-refractivity contribution in [3.05, 3.63) is 65.1 Å². The van der Waals surface area contributed by atoms with Gasteiger partial charge >= 0.3 is 12.0 Å². The molecule has 12 heteroatoms. The maximum absolute atomic E-state index is 14.9. The number of anilines is 2. The van der Waals surface area contributed by atoms with Crippen LogP contribution in [0.1, 0.15) is 16.8 Å². The van der Waals surface area contributed by atoms with Crippen LogP contribution in [0.25, 0.3) is 11.3 Å². The quantitative estimate of drug-likeness (QED) is 0.471. The number of urea groups is 1. The summed E-state index contributed by atoms with van der Waals surface area (Å²) in [4.78, 5) is 39.2. The van der Waals surface area contributed by atoms with Gasteiger partial charge in [-0.05, 0) is 36.4 Å². The van der Waals surface area contributed by atoms with Crippen molar-refractivity contribution in [1.82, 2.24) is 10.1 Å². The molecule has 0 unspecified atom stereocenters. The molecule has 1 aromatic heterocycles. The lowest BCUT2D eigenvalue weighted by atomic mass is 10.1. The van der Waals surface area contributed by atoms with Gasteiger partial charge in [0.2, 0.25) is 5.91 Å². The van der Waals surface area contributed by atoms with Crippen molar-refractivity contribution >= 4 is 40.9 Å². The Morgan fingerprint density at radius 2 is 1.89 bits per heavy atom. The van der Waals surface area contributed by atoms with Gasteiger partial charge in [0.15, 0.2) is 0 Å². The van der Waals surface area contributed by atoms with Crippen LogP contribution in [0.4, 0.5) is 20.6 Å². The van der Waals surface area contributed by atoms with Gasteiger partial charge in [-0.15, -0.1) is 0 Å². The van der Waals surface area contributed by atoms with Crippen molar-refractivity contribution < 1.29 is 32.8 Å². The molecule has 188 valence electrons. The standard InChI is InChI=1S/C24H22ClFN4O6/c1-34-16-10-20(30(11-16)24(33)27-15-6-4-14(25)5-7-15)22(31)28-19-8-3-13(9-18(19)26)21-17(12-36-29-21)23(32)35-2/h3-9,12,16,20H,10-11H2,1-2H3,(H,27,33)(H,28,31)/t16-,20-/m1/s1. The third-order valence-electron chi connectivity index (χ3n) is 5.73. The lowest BCUT2D eigenvalue weighted by Crippen LogP contribution is -2.45. The van der Waals surface area contributed by atoms with Gasteiger partial charge in [-0.1, -0.05) is 22.8 Å². The number of likely N-dealkylation sites (tertiary alicyclic amines) is 1. The Balaban J connectivity index is 1.49. The van der Waals surface area contributed by atoms with E-state index in [4.69, 9.17) is 20.9 Å². The minimum atomic E-state index is -0.900. The van der Waals surface area contributed by atoms with Gasteiger partial charge in [0.05, 0.1) is 18.9 Å². The molecular weight excluding hydrogens is 495 g/mol. The van der Waals surface area contributed by atoms with Crippen molar-refractivity contribution in [3.8, 4) is 11.3 Å². The Morgan fingerprint density at radius 1 is 1.14 bits per heavy atom. The van der Waals surface area contributed by atoms with Crippen molar-refractivity contribution in [1.29, 1.82) is 0 Å². The molecule has 0 spiro atoms. The number of methoxy groups -OCH3 is 2. The van der Waals surface area contributed by atoms with Gasteiger partial charge in [-0.3, -0.25) is 4.79 Å². The Bertz CT molecular complexity index is 1280. The summed E-state index contributed by atoms with van der Waals surface area (Å²) in [5, 5.41) is 9.50. The molecule has 0 radical (unpaired) electrons. The molecule has 2 N–H and O–H groups in total. The van der Waals surface area contributed by atoms with Gasteiger partial charge in [0.25, 0.3) is 0 Å². The van der Waals surface area contributed by atoms with Crippen molar-refractivity contribution in [3.63, 3.8) is 0 Å². The SMILES string of the molecule is COC(=O)c1conc1-c1ccc(NC(=O)[C@H]2C[C@@H](OC)CN2C(=O)Nc2ccc(Cl)cc2)c(F)c1. The highest BCUT2D eigenvalue weighted by Crippen LogP contribution is 2.28. The second kappa shape index (κ2) is 10.8. The second-order valence-corrected chi connectivity index (χ2v) is 8.39. The number of carbonyl (C=O) groups is 3. The Morgan fingerprint density at radius 3 is 2.56 bits per heavy atom. The summed E-state index contributed by atoms with van der Waals surface area (Å²) in [5.41, 5.74) is 0.787. The number of nitrogens with zero attached hydrogens (tertiary/aromatic N) is 2. The summed E-state index contributed by atoms with van der Waals surface area (Å²) in [7, 11) is 2.69. The molecule has 0 saturated carbocycles. The van der Waals surface area contributed by atoms with E-state index in [0.29, 0.717) is 10.7 Å². The van der Waals surface area contributed by atoms with E-state index in [2.05, 4.69) is 20.5 Å². The summed E-state index contributed by atoms with van der Waals surface area (Å²) in [5.74, 6) is -2.03. The molecule has 3 amide bonds. The van der Waals surface area contributed by atoms with Crippen molar-refractivity contribution in [2.75, 3.05) is 31.4 Å². The fraction of sp³-hybridized carbons (Fsp3) is 0.250. The topological polar surface area (TPSA) is 123 Å². The van der Waals surface area contributed by atoms with E-state index in [1.165, 1.54) is 31.3 Å². The van der Waals surface area contributed by atoms with Gasteiger partial charge in [-0.25, -0.2) is 14.0 Å². The van der Waals surface area contributed by atoms with Crippen LogP contribution < -0.4 is 10.6 Å². The molecule has 0 bridgehead atoms. The first-order chi connectivity index (χ1) is 17.3. The zero-order valence-electron chi connectivity index (χ0n) is 19.3. The number of halogens is 2. The molecule has 2 heterocycles. The summed E-state index contributed by atoms with van der Waals surface area (Å²) in [6.07, 6.45) is 0.968. The number of nitrogens with one attached hydrogen (secondary N) is 2. The molecule has 2 aromatic carbocycles. The van der Waals surface area contributed by atoms with Crippen LogP contribution in [-0.2, 0) is 14.3 Å². The maximum Gasteiger partial charge on any atom is 0.343 e. The van der Waals surface area contributed by atoms with Crippen LogP contribution in [0.5, 0.6) is 0 Å². The molecule has 4 rings (SSSR count). The summed E-state index contributed by atoms with van der Waals surface area (Å²) >= 11 is 5.88. The molecule has 1 fully saturated rings. The van der Waals surface area contributed by atoms with E-state index in [-0.39, 0.29) is 41.6 Å². The Kier molecular flexibility index (Phi) is 7.51. The van der Waals surface area contributed by atoms with E-state index < -0.39 is 29.8 Å². The third kappa shape index (κ3) is 5.31. The zero-order chi connectivity index (χ0) is 25.8. The molecule has 3 aromatic rings. The van der Waals surface area contributed by atoms with Gasteiger partial charge in [0.1, 0.15) is 29.4 Å². The van der Waals surface area contributed by atoms with E-state index in [1.54, 1.807) is 24.3 Å². The number of hydrogen-bond acceptors (Lipinski definition) is 7. The predicted molar refractivity (Wildman–Crippen MR) is 128 cm³/mol. The average Bonchev–Trinajstić information content (AvgIpc) is 3.54. The number of benzene rings is 2. The predicted octanol–water partition coefficient (Wildman–Crippen LogP) is 4.18. The maximum atomic E-state index is 14.9. The Hall–Kier alpha value is -3.96. The lowest BCUT2D eigenvalue weighted by Gasteiger charge is -2.24. The summed E-state index contributed by atoms with van der Waals surface area (Å²) in [6, 6.07) is 9.04. The normalized spacial score (nSPS) is 17.1. The van der Waals surface area contributed by atoms with Crippen molar-refractivity contribution in [2.24, 2.45) is 0 Å². The number of amides is 3. The molecule has 2 atom stereocenters. The van der Waals surface area contributed by atoms with Crippen LogP contribution in [0.15, 0.2) is 53.3 Å². The fourth-order valence-electron chi connectivity index (χ4n) is 3.85. The van der Waals surface area contributed by atoms with Crippen molar-refractivity contribution in [2.45, 2.75) is 18.6 Å². The second-order valence-electron chi connectivity index (χ2n) is 7.95. The zero-order valence-corrected chi connectivity index (χ0v) is 20.0. The van der Waals surface area contributed by atoms with E-state index >= 15 is 0 Å². The van der Waals surface area contributed by atoms with E-state index in [0.717, 1.165) is 12.3 Å². The average molecular weight is 517 g/mol. The third-order valence-corrected chi connectivity index (χ3v) is 5.98. The first-order valence-corrected chi connectivity index (χ1v) is 11.2. The summed E-state index contributed by atoms with van der Waals surface area (Å²) < 4.78 is 29.8. The molecular formula is C24H22ClFN4O6. The number of hydrogen-bond donors (Lipinski definition) is 2. The molecule has 1 saturated heterocycles. The lowest BCUT2D eigenvalue weighted by molar-refractivity contribution is -0.119. The van der Waals surface area contributed by atoms with Gasteiger partial charge in [-0.2, -0.15) is 0 Å². The summed E-state index contributed by atoms with van der Waals surface area (Å²) in [6.45, 7) is 0.178. The van der Waals surface area contributed by atoms with E-state index in [9.17, 15) is 18.8 Å². The Labute approximate surface area is 210 Å². The van der Waals surface area contributed by atoms with Crippen LogP contribution >= 0.6 is 11.6 Å². The highest BCUT2D eigenvalue weighted by molar-refractivity contribution is 6.30. The van der Waals surface area contributed by atoms with Gasteiger partial charge in [0, 0.05) is 36.3 Å². The molecule has 1 aliphatic heterocycles.